The summed E-state index contributed by atoms with van der Waals surface area (Å²) in [4.78, 5) is 4.21. The van der Waals surface area contributed by atoms with Crippen molar-refractivity contribution in [1.82, 2.24) is 4.98 Å². The summed E-state index contributed by atoms with van der Waals surface area (Å²) in [6.07, 6.45) is 4.12. The van der Waals surface area contributed by atoms with Crippen molar-refractivity contribution in [1.29, 1.82) is 0 Å². The zero-order valence-electron chi connectivity index (χ0n) is 10.3. The van der Waals surface area contributed by atoms with Gasteiger partial charge in [0.2, 0.25) is 0 Å². The van der Waals surface area contributed by atoms with Gasteiger partial charge in [0.15, 0.2) is 5.13 Å². The van der Waals surface area contributed by atoms with Crippen LogP contribution in [-0.2, 0) is 0 Å². The Bertz CT molecular complexity index is 544. The largest absolute Gasteiger partial charge is 0.375 e. The van der Waals surface area contributed by atoms with Gasteiger partial charge in [-0.15, -0.1) is 11.3 Å². The molecule has 0 saturated carbocycles. The number of nitrogen functional groups attached to an aromatic ring is 1. The first-order valence-corrected chi connectivity index (χ1v) is 6.41. The molecule has 0 amide bonds. The molecule has 1 heterocycles. The second-order valence-electron chi connectivity index (χ2n) is 4.26. The van der Waals surface area contributed by atoms with Crippen LogP contribution >= 0.6 is 11.3 Å². The maximum atomic E-state index is 5.60. The van der Waals surface area contributed by atoms with Crippen LogP contribution < -0.4 is 5.73 Å². The number of rotatable bonds is 2. The smallest absolute Gasteiger partial charge is 0.180 e. The van der Waals surface area contributed by atoms with Gasteiger partial charge in [-0.3, -0.25) is 0 Å². The summed E-state index contributed by atoms with van der Waals surface area (Å²) >= 11 is 1.47. The second kappa shape index (κ2) is 4.72. The molecule has 1 aromatic carbocycles. The number of aromatic nitrogens is 1. The fourth-order valence-electron chi connectivity index (χ4n) is 2.00. The van der Waals surface area contributed by atoms with Crippen LogP contribution in [0.15, 0.2) is 17.5 Å². The van der Waals surface area contributed by atoms with Gasteiger partial charge in [0, 0.05) is 5.38 Å². The number of anilines is 1. The predicted molar refractivity (Wildman–Crippen MR) is 76.1 cm³/mol. The van der Waals surface area contributed by atoms with Crippen LogP contribution in [-0.4, -0.2) is 4.98 Å². The Morgan fingerprint density at radius 1 is 1.12 bits per heavy atom. The number of hydrogen-bond donors (Lipinski definition) is 1. The lowest BCUT2D eigenvalue weighted by atomic mass is 9.99. The Kier molecular flexibility index (Phi) is 3.29. The van der Waals surface area contributed by atoms with Crippen molar-refractivity contribution in [3.05, 3.63) is 45.5 Å². The maximum absolute atomic E-state index is 5.60. The third-order valence-electron chi connectivity index (χ3n) is 2.70. The number of nitrogens with two attached hydrogens (primary N) is 1. The molecular weight excluding hydrogens is 228 g/mol. The predicted octanol–water partition coefficient (Wildman–Crippen LogP) is 3.82. The van der Waals surface area contributed by atoms with Gasteiger partial charge in [0.05, 0.1) is 5.69 Å². The van der Waals surface area contributed by atoms with E-state index < -0.39 is 0 Å². The zero-order valence-corrected chi connectivity index (χ0v) is 11.1. The molecule has 0 fully saturated rings. The number of nitrogens with zero attached hydrogens (tertiary/aromatic N) is 1. The summed E-state index contributed by atoms with van der Waals surface area (Å²) in [5, 5.41) is 2.58. The zero-order chi connectivity index (χ0) is 12.4. The van der Waals surface area contributed by atoms with E-state index in [-0.39, 0.29) is 0 Å². The summed E-state index contributed by atoms with van der Waals surface area (Å²) in [5.41, 5.74) is 11.7. The number of aryl methyl sites for hydroxylation is 3. The first-order valence-electron chi connectivity index (χ1n) is 5.53. The minimum absolute atomic E-state index is 0.613. The number of hydrogen-bond acceptors (Lipinski definition) is 3. The van der Waals surface area contributed by atoms with Crippen molar-refractivity contribution in [2.24, 2.45) is 0 Å². The van der Waals surface area contributed by atoms with Crippen LogP contribution in [0.5, 0.6) is 0 Å². The average Bonchev–Trinajstić information content (AvgIpc) is 2.62. The molecule has 0 aliphatic carbocycles. The summed E-state index contributed by atoms with van der Waals surface area (Å²) in [6.45, 7) is 6.39. The maximum Gasteiger partial charge on any atom is 0.180 e. The molecule has 0 atom stereocenters. The van der Waals surface area contributed by atoms with Gasteiger partial charge < -0.3 is 5.73 Å². The van der Waals surface area contributed by atoms with Gasteiger partial charge >= 0.3 is 0 Å². The monoisotopic (exact) mass is 244 g/mol. The van der Waals surface area contributed by atoms with Crippen molar-refractivity contribution >= 4 is 28.6 Å². The first kappa shape index (κ1) is 11.9. The topological polar surface area (TPSA) is 38.9 Å². The highest BCUT2D eigenvalue weighted by Crippen LogP contribution is 2.20. The highest BCUT2D eigenvalue weighted by molar-refractivity contribution is 7.13. The van der Waals surface area contributed by atoms with E-state index in [1.807, 2.05) is 11.5 Å². The first-order chi connectivity index (χ1) is 8.06. The second-order valence-corrected chi connectivity index (χ2v) is 5.15. The summed E-state index contributed by atoms with van der Waals surface area (Å²) in [6, 6.07) is 4.39. The van der Waals surface area contributed by atoms with Crippen molar-refractivity contribution in [3.8, 4) is 0 Å². The molecule has 2 N–H and O–H groups in total. The van der Waals surface area contributed by atoms with Gasteiger partial charge in [-0.1, -0.05) is 23.8 Å². The van der Waals surface area contributed by atoms with Crippen LogP contribution in [0.4, 0.5) is 5.13 Å². The molecule has 0 unspecified atom stereocenters. The van der Waals surface area contributed by atoms with Crippen LogP contribution in [0, 0.1) is 20.8 Å². The molecule has 0 aliphatic heterocycles. The standard InChI is InChI=1S/C14H16N2S/c1-9-6-10(2)13(11(3)7-9)5-4-12-8-17-14(15)16-12/h4-8H,1-3H3,(H2,15,16). The van der Waals surface area contributed by atoms with Gasteiger partial charge in [-0.2, -0.15) is 0 Å². The van der Waals surface area contributed by atoms with E-state index >= 15 is 0 Å². The lowest BCUT2D eigenvalue weighted by Crippen LogP contribution is -1.88. The molecule has 0 saturated heterocycles. The Morgan fingerprint density at radius 2 is 1.76 bits per heavy atom. The van der Waals surface area contributed by atoms with Crippen LogP contribution in [0.1, 0.15) is 27.9 Å². The van der Waals surface area contributed by atoms with E-state index in [0.29, 0.717) is 5.13 Å². The molecule has 0 bridgehead atoms. The normalized spacial score (nSPS) is 11.2. The van der Waals surface area contributed by atoms with Gasteiger partial charge in [0.25, 0.3) is 0 Å². The molecule has 0 spiro atoms. The Hall–Kier alpha value is -1.61. The lowest BCUT2D eigenvalue weighted by molar-refractivity contribution is 1.30. The van der Waals surface area contributed by atoms with Crippen molar-refractivity contribution < 1.29 is 0 Å². The van der Waals surface area contributed by atoms with Crippen LogP contribution in [0.2, 0.25) is 0 Å². The third kappa shape index (κ3) is 2.74. The van der Waals surface area contributed by atoms with E-state index in [2.05, 4.69) is 44.0 Å². The minimum Gasteiger partial charge on any atom is -0.375 e. The van der Waals surface area contributed by atoms with E-state index in [1.165, 1.54) is 33.6 Å². The minimum atomic E-state index is 0.613. The highest BCUT2D eigenvalue weighted by Gasteiger charge is 2.00. The Balaban J connectivity index is 2.33. The quantitative estimate of drug-likeness (QED) is 0.872. The molecule has 88 valence electrons. The highest BCUT2D eigenvalue weighted by atomic mass is 32.1. The van der Waals surface area contributed by atoms with E-state index in [0.717, 1.165) is 5.69 Å². The van der Waals surface area contributed by atoms with Gasteiger partial charge in [-0.25, -0.2) is 4.98 Å². The van der Waals surface area contributed by atoms with E-state index in [4.69, 9.17) is 5.73 Å². The number of benzene rings is 1. The van der Waals surface area contributed by atoms with Crippen LogP contribution in [0.25, 0.3) is 12.2 Å². The van der Waals surface area contributed by atoms with Crippen molar-refractivity contribution in [2.45, 2.75) is 20.8 Å². The fraction of sp³-hybridized carbons (Fsp3) is 0.214. The summed E-state index contributed by atoms with van der Waals surface area (Å²) < 4.78 is 0. The average molecular weight is 244 g/mol. The van der Waals surface area contributed by atoms with Gasteiger partial charge in [0.1, 0.15) is 0 Å². The molecule has 2 rings (SSSR count). The fourth-order valence-corrected chi connectivity index (χ4v) is 2.53. The lowest BCUT2D eigenvalue weighted by Gasteiger charge is -2.06. The molecular formula is C14H16N2S. The molecule has 3 heteroatoms. The number of thiazole rings is 1. The van der Waals surface area contributed by atoms with Gasteiger partial charge in [-0.05, 0) is 43.5 Å². The molecule has 0 aliphatic rings. The SMILES string of the molecule is Cc1cc(C)c(C=Cc2csc(N)n2)c(C)c1. The molecule has 0 radical (unpaired) electrons. The molecule has 17 heavy (non-hydrogen) atoms. The van der Waals surface area contributed by atoms with E-state index in [1.54, 1.807) is 0 Å². The third-order valence-corrected chi connectivity index (χ3v) is 3.39. The summed E-state index contributed by atoms with van der Waals surface area (Å²) in [7, 11) is 0. The molecule has 2 nitrogen and oxygen atoms in total. The molecule has 2 aromatic rings. The summed E-state index contributed by atoms with van der Waals surface area (Å²) in [5.74, 6) is 0. The van der Waals surface area contributed by atoms with Crippen molar-refractivity contribution in [2.75, 3.05) is 5.73 Å². The Labute approximate surface area is 106 Å². The Morgan fingerprint density at radius 3 is 2.29 bits per heavy atom. The van der Waals surface area contributed by atoms with E-state index in [9.17, 15) is 0 Å². The van der Waals surface area contributed by atoms with Crippen LogP contribution in [0.3, 0.4) is 0 Å². The van der Waals surface area contributed by atoms with Crippen molar-refractivity contribution in [3.63, 3.8) is 0 Å². The molecule has 1 aromatic heterocycles.